The fraction of sp³-hybridized carbons (Fsp3) is 0.875. The summed E-state index contributed by atoms with van der Waals surface area (Å²) in [5, 5.41) is 3.36. The summed E-state index contributed by atoms with van der Waals surface area (Å²) in [7, 11) is 0. The molecule has 0 amide bonds. The van der Waals surface area contributed by atoms with Gasteiger partial charge in [0.25, 0.3) is 0 Å². The van der Waals surface area contributed by atoms with E-state index < -0.39 is 0 Å². The lowest BCUT2D eigenvalue weighted by Gasteiger charge is -2.29. The topological polar surface area (TPSA) is 29.1 Å². The average Bonchev–Trinajstić information content (AvgIpc) is 1.85. The monoisotopic (exact) mass is 140 g/mol. The first-order valence-electron chi connectivity index (χ1n) is 3.86. The van der Waals surface area contributed by atoms with Crippen molar-refractivity contribution in [1.82, 2.24) is 5.32 Å². The molecular weight excluding hydrogens is 126 g/mol. The van der Waals surface area contributed by atoms with E-state index in [-0.39, 0.29) is 5.92 Å². The Morgan fingerprint density at radius 1 is 1.30 bits per heavy atom. The molecule has 2 heteroatoms. The third kappa shape index (κ3) is 1.81. The molecule has 0 aromatic heterocycles. The predicted octanol–water partition coefficient (Wildman–Crippen LogP) is 0.873. The lowest BCUT2D eigenvalue weighted by atomic mass is 9.90. The first kappa shape index (κ1) is 7.73. The molecule has 1 saturated heterocycles. The Hall–Kier alpha value is -0.370. The van der Waals surface area contributed by atoms with Crippen LogP contribution in [0.3, 0.4) is 0 Å². The van der Waals surface area contributed by atoms with Gasteiger partial charge in [0.1, 0.15) is 0 Å². The van der Waals surface area contributed by atoms with E-state index >= 15 is 0 Å². The number of piperidine rings is 1. The molecule has 0 aromatic rings. The number of nitrogens with one attached hydrogen (secondary N) is 1. The fourth-order valence-electron chi connectivity index (χ4n) is 1.67. The van der Waals surface area contributed by atoms with Gasteiger partial charge >= 0.3 is 0 Å². The van der Waals surface area contributed by atoms with Crippen LogP contribution in [0.1, 0.15) is 26.7 Å². The highest BCUT2D eigenvalue weighted by molar-refractivity contribution is 5.54. The van der Waals surface area contributed by atoms with Crippen LogP contribution >= 0.6 is 0 Å². The van der Waals surface area contributed by atoms with Crippen LogP contribution in [0.2, 0.25) is 0 Å². The highest BCUT2D eigenvalue weighted by Gasteiger charge is 2.22. The summed E-state index contributed by atoms with van der Waals surface area (Å²) in [6.45, 7) is 4.22. The number of hydrogen-bond donors (Lipinski definition) is 1. The van der Waals surface area contributed by atoms with Crippen LogP contribution < -0.4 is 5.32 Å². The number of hydrogen-bond acceptors (Lipinski definition) is 2. The third-order valence-electron chi connectivity index (χ3n) is 2.01. The first-order valence-corrected chi connectivity index (χ1v) is 3.86. The zero-order valence-corrected chi connectivity index (χ0v) is 6.55. The van der Waals surface area contributed by atoms with Crippen molar-refractivity contribution in [3.63, 3.8) is 0 Å². The van der Waals surface area contributed by atoms with Crippen molar-refractivity contribution < 1.29 is 4.79 Å². The van der Waals surface area contributed by atoms with E-state index in [9.17, 15) is 4.79 Å². The third-order valence-corrected chi connectivity index (χ3v) is 2.01. The Morgan fingerprint density at radius 2 is 1.80 bits per heavy atom. The lowest BCUT2D eigenvalue weighted by Crippen LogP contribution is -2.42. The molecule has 10 heavy (non-hydrogen) atoms. The summed E-state index contributed by atoms with van der Waals surface area (Å²) >= 11 is 0. The average molecular weight is 140 g/mol. The first-order chi connectivity index (χ1) is 4.72. The molecule has 1 aliphatic heterocycles. The summed E-state index contributed by atoms with van der Waals surface area (Å²) in [5.74, 6) is 0.172. The normalized spacial score (nSPS) is 41.2. The van der Waals surface area contributed by atoms with Gasteiger partial charge in [-0.05, 0) is 26.7 Å². The molecule has 0 saturated carbocycles. The van der Waals surface area contributed by atoms with E-state index in [2.05, 4.69) is 25.5 Å². The summed E-state index contributed by atoms with van der Waals surface area (Å²) < 4.78 is 0. The maximum atomic E-state index is 10.3. The molecule has 1 rings (SSSR count). The van der Waals surface area contributed by atoms with Crippen molar-refractivity contribution in [2.75, 3.05) is 0 Å². The molecule has 0 spiro atoms. The van der Waals surface area contributed by atoms with Crippen LogP contribution in [0.15, 0.2) is 0 Å². The second-order valence-electron chi connectivity index (χ2n) is 3.25. The second kappa shape index (κ2) is 3.15. The van der Waals surface area contributed by atoms with E-state index in [1.54, 1.807) is 0 Å². The fourth-order valence-corrected chi connectivity index (χ4v) is 1.67. The Kier molecular flexibility index (Phi) is 2.44. The molecule has 2 nitrogen and oxygen atoms in total. The van der Waals surface area contributed by atoms with E-state index in [4.69, 9.17) is 0 Å². The van der Waals surface area contributed by atoms with Gasteiger partial charge in [-0.15, -0.1) is 0 Å². The van der Waals surface area contributed by atoms with Gasteiger partial charge in [-0.3, -0.25) is 4.79 Å². The van der Waals surface area contributed by atoms with Gasteiger partial charge in [0, 0.05) is 18.0 Å². The van der Waals surface area contributed by atoms with E-state index in [1.165, 1.54) is 0 Å². The minimum absolute atomic E-state index is 0.172. The minimum Gasteiger partial charge on any atom is -0.312 e. The molecule has 57 valence electrons. The summed E-state index contributed by atoms with van der Waals surface area (Å²) in [6.07, 6.45) is 3.98. The van der Waals surface area contributed by atoms with Crippen LogP contribution in [0, 0.1) is 5.92 Å². The summed E-state index contributed by atoms with van der Waals surface area (Å²) in [4.78, 5) is 10.3. The van der Waals surface area contributed by atoms with E-state index in [0.29, 0.717) is 12.1 Å². The molecule has 1 aliphatic rings. The molecule has 1 heterocycles. The molecule has 2 unspecified atom stereocenters. The zero-order valence-electron chi connectivity index (χ0n) is 6.55. The van der Waals surface area contributed by atoms with Gasteiger partial charge < -0.3 is 5.32 Å². The highest BCUT2D eigenvalue weighted by Crippen LogP contribution is 2.17. The van der Waals surface area contributed by atoms with Crippen LogP contribution in [-0.4, -0.2) is 18.4 Å². The smallest absolute Gasteiger partial charge is 0.201 e. The Balaban J connectivity index is 2.42. The van der Waals surface area contributed by atoms with Crippen molar-refractivity contribution in [3.8, 4) is 0 Å². The predicted molar refractivity (Wildman–Crippen MR) is 40.5 cm³/mol. The Labute approximate surface area is 62.0 Å². The van der Waals surface area contributed by atoms with Crippen LogP contribution in [0.4, 0.5) is 0 Å². The SMILES string of the molecule is CC1CC([C]=O)CC(C)N1. The van der Waals surface area contributed by atoms with Gasteiger partial charge in [0.05, 0.1) is 0 Å². The van der Waals surface area contributed by atoms with Crippen molar-refractivity contribution >= 4 is 6.29 Å². The lowest BCUT2D eigenvalue weighted by molar-refractivity contribution is 0.305. The van der Waals surface area contributed by atoms with Crippen LogP contribution in [0.25, 0.3) is 0 Å². The number of rotatable bonds is 1. The molecule has 0 aromatic carbocycles. The van der Waals surface area contributed by atoms with Gasteiger partial charge in [0.15, 0.2) is 0 Å². The van der Waals surface area contributed by atoms with Crippen molar-refractivity contribution in [3.05, 3.63) is 0 Å². The summed E-state index contributed by atoms with van der Waals surface area (Å²) in [6, 6.07) is 0.963. The molecule has 1 N–H and O–H groups in total. The van der Waals surface area contributed by atoms with Gasteiger partial charge in [-0.1, -0.05) is 0 Å². The quantitative estimate of drug-likeness (QED) is 0.585. The van der Waals surface area contributed by atoms with E-state index in [1.807, 2.05) is 0 Å². The minimum atomic E-state index is 0.172. The summed E-state index contributed by atoms with van der Waals surface area (Å²) in [5.41, 5.74) is 0. The largest absolute Gasteiger partial charge is 0.312 e. The number of carbonyl (C=O) groups excluding carboxylic acids is 1. The van der Waals surface area contributed by atoms with Crippen molar-refractivity contribution in [2.45, 2.75) is 38.8 Å². The van der Waals surface area contributed by atoms with Crippen molar-refractivity contribution in [2.24, 2.45) is 5.92 Å². The molecule has 0 bridgehead atoms. The molecule has 1 radical (unpaired) electrons. The highest BCUT2D eigenvalue weighted by atomic mass is 16.1. The standard InChI is InChI=1S/C8H14NO/c1-6-3-8(5-10)4-7(2)9-6/h6-9H,3-4H2,1-2H3. The second-order valence-corrected chi connectivity index (χ2v) is 3.25. The molecule has 1 fully saturated rings. The van der Waals surface area contributed by atoms with Gasteiger partial charge in [0.2, 0.25) is 6.29 Å². The Bertz CT molecular complexity index is 114. The molecule has 2 atom stereocenters. The zero-order chi connectivity index (χ0) is 7.56. The van der Waals surface area contributed by atoms with Crippen LogP contribution in [-0.2, 0) is 4.79 Å². The molecule has 0 aliphatic carbocycles. The molecular formula is C8H14NO. The maximum absolute atomic E-state index is 10.3. The Morgan fingerprint density at radius 3 is 2.20 bits per heavy atom. The van der Waals surface area contributed by atoms with Gasteiger partial charge in [-0.25, -0.2) is 0 Å². The van der Waals surface area contributed by atoms with Gasteiger partial charge in [-0.2, -0.15) is 0 Å². The van der Waals surface area contributed by atoms with E-state index in [0.717, 1.165) is 12.8 Å². The van der Waals surface area contributed by atoms with Crippen LogP contribution in [0.5, 0.6) is 0 Å². The maximum Gasteiger partial charge on any atom is 0.201 e. The van der Waals surface area contributed by atoms with Crippen molar-refractivity contribution in [1.29, 1.82) is 0 Å².